The number of rotatable bonds is 3. The monoisotopic (exact) mass is 332 g/mol. The Morgan fingerprint density at radius 1 is 1.00 bits per heavy atom. The van der Waals surface area contributed by atoms with Crippen LogP contribution in [0.2, 0.25) is 0 Å². The maximum atomic E-state index is 12.6. The van der Waals surface area contributed by atoms with Crippen LogP contribution >= 0.6 is 0 Å². The summed E-state index contributed by atoms with van der Waals surface area (Å²) < 4.78 is 0. The Labute approximate surface area is 147 Å². The maximum Gasteiger partial charge on any atom is 0.254 e. The Bertz CT molecular complexity index is 842. The van der Waals surface area contributed by atoms with Crippen LogP contribution < -0.4 is 0 Å². The van der Waals surface area contributed by atoms with Gasteiger partial charge in [0.2, 0.25) is 5.91 Å². The van der Waals surface area contributed by atoms with Crippen LogP contribution in [0.3, 0.4) is 0 Å². The van der Waals surface area contributed by atoms with Crippen molar-refractivity contribution in [2.45, 2.75) is 13.0 Å². The van der Waals surface area contributed by atoms with Gasteiger partial charge in [-0.15, -0.1) is 0 Å². The molecule has 4 rings (SSSR count). The predicted octanol–water partition coefficient (Wildman–Crippen LogP) is 2.96. The molecule has 0 fully saturated rings. The summed E-state index contributed by atoms with van der Waals surface area (Å²) in [5, 5.41) is 0. The minimum Gasteiger partial charge on any atom is -0.337 e. The van der Waals surface area contributed by atoms with E-state index in [4.69, 9.17) is 0 Å². The van der Waals surface area contributed by atoms with E-state index in [1.807, 2.05) is 47.4 Å². The van der Waals surface area contributed by atoms with E-state index in [0.29, 0.717) is 19.6 Å². The van der Waals surface area contributed by atoms with Crippen molar-refractivity contribution < 1.29 is 9.59 Å². The van der Waals surface area contributed by atoms with Gasteiger partial charge in [-0.1, -0.05) is 54.6 Å². The molecule has 0 saturated carbocycles. The lowest BCUT2D eigenvalue weighted by molar-refractivity contribution is -0.131. The molecule has 126 valence electrons. The van der Waals surface area contributed by atoms with Gasteiger partial charge >= 0.3 is 0 Å². The fourth-order valence-corrected chi connectivity index (χ4v) is 3.52. The first-order valence-electron chi connectivity index (χ1n) is 8.62. The van der Waals surface area contributed by atoms with Crippen molar-refractivity contribution in [3.8, 4) is 0 Å². The van der Waals surface area contributed by atoms with Gasteiger partial charge in [0.05, 0.1) is 0 Å². The van der Waals surface area contributed by atoms with Crippen molar-refractivity contribution in [1.82, 2.24) is 9.80 Å². The molecular weight excluding hydrogens is 312 g/mol. The molecule has 0 bridgehead atoms. The van der Waals surface area contributed by atoms with Crippen LogP contribution in [0.5, 0.6) is 0 Å². The smallest absolute Gasteiger partial charge is 0.254 e. The molecule has 4 heteroatoms. The molecule has 2 aromatic carbocycles. The molecular formula is C21H20N2O2. The van der Waals surface area contributed by atoms with Crippen molar-refractivity contribution >= 4 is 17.4 Å². The van der Waals surface area contributed by atoms with Crippen LogP contribution in [0.15, 0.2) is 60.7 Å². The van der Waals surface area contributed by atoms with E-state index in [0.717, 1.165) is 17.5 Å². The minimum atomic E-state index is -0.0403. The van der Waals surface area contributed by atoms with Crippen LogP contribution in [0.4, 0.5) is 0 Å². The zero-order chi connectivity index (χ0) is 17.2. The summed E-state index contributed by atoms with van der Waals surface area (Å²) in [6, 6.07) is 17.8. The number of nitrogens with zero attached hydrogens (tertiary/aromatic N) is 2. The summed E-state index contributed by atoms with van der Waals surface area (Å²) in [5.41, 5.74) is 4.24. The molecule has 2 aliphatic rings. The second-order valence-electron chi connectivity index (χ2n) is 6.50. The summed E-state index contributed by atoms with van der Waals surface area (Å²) in [6.45, 7) is 1.99. The molecule has 0 N–H and O–H groups in total. The van der Waals surface area contributed by atoms with E-state index in [1.165, 1.54) is 11.1 Å². The highest BCUT2D eigenvalue weighted by atomic mass is 16.2. The van der Waals surface area contributed by atoms with Crippen LogP contribution in [0.1, 0.15) is 27.9 Å². The van der Waals surface area contributed by atoms with Gasteiger partial charge in [-0.2, -0.15) is 0 Å². The molecule has 0 atom stereocenters. The standard InChI is InChI=1S/C21H20N2O2/c24-20(15-23-14-18-8-4-5-9-19(18)21(23)25)22-12-10-17(11-13-22)16-6-2-1-3-7-16/h1-10H,11-15H2. The van der Waals surface area contributed by atoms with Gasteiger partial charge in [-0.05, 0) is 29.2 Å². The Morgan fingerprint density at radius 2 is 1.76 bits per heavy atom. The quantitative estimate of drug-likeness (QED) is 0.867. The molecule has 4 nitrogen and oxygen atoms in total. The van der Waals surface area contributed by atoms with Crippen molar-refractivity contribution in [2.75, 3.05) is 19.6 Å². The lowest BCUT2D eigenvalue weighted by atomic mass is 9.99. The Balaban J connectivity index is 1.39. The average molecular weight is 332 g/mol. The van der Waals surface area contributed by atoms with Gasteiger partial charge in [0, 0.05) is 25.2 Å². The highest BCUT2D eigenvalue weighted by Crippen LogP contribution is 2.24. The van der Waals surface area contributed by atoms with Crippen LogP contribution in [0, 0.1) is 0 Å². The largest absolute Gasteiger partial charge is 0.337 e. The van der Waals surface area contributed by atoms with E-state index in [2.05, 4.69) is 18.2 Å². The third kappa shape index (κ3) is 3.07. The Hall–Kier alpha value is -2.88. The van der Waals surface area contributed by atoms with E-state index in [1.54, 1.807) is 4.90 Å². The van der Waals surface area contributed by atoms with Gasteiger partial charge < -0.3 is 9.80 Å². The SMILES string of the molecule is O=C(CN1Cc2ccccc2C1=O)N1CC=C(c2ccccc2)CC1. The lowest BCUT2D eigenvalue weighted by Gasteiger charge is -2.28. The number of amides is 2. The van der Waals surface area contributed by atoms with Gasteiger partial charge in [-0.25, -0.2) is 0 Å². The van der Waals surface area contributed by atoms with Crippen LogP contribution in [-0.2, 0) is 11.3 Å². The van der Waals surface area contributed by atoms with Crippen LogP contribution in [-0.4, -0.2) is 41.2 Å². The topological polar surface area (TPSA) is 40.6 Å². The van der Waals surface area contributed by atoms with Crippen molar-refractivity contribution in [2.24, 2.45) is 0 Å². The number of fused-ring (bicyclic) bond motifs is 1. The molecule has 2 amide bonds. The number of carbonyl (C=O) groups excluding carboxylic acids is 2. The molecule has 0 radical (unpaired) electrons. The fraction of sp³-hybridized carbons (Fsp3) is 0.238. The lowest BCUT2D eigenvalue weighted by Crippen LogP contribution is -2.42. The Kier molecular flexibility index (Phi) is 4.10. The fourth-order valence-electron chi connectivity index (χ4n) is 3.52. The summed E-state index contributed by atoms with van der Waals surface area (Å²) in [5.74, 6) is -0.0222. The first kappa shape index (κ1) is 15.6. The molecule has 2 aliphatic heterocycles. The highest BCUT2D eigenvalue weighted by molar-refractivity contribution is 6.00. The van der Waals surface area contributed by atoms with Gasteiger partial charge in [0.25, 0.3) is 5.91 Å². The van der Waals surface area contributed by atoms with Gasteiger partial charge in [0.1, 0.15) is 6.54 Å². The van der Waals surface area contributed by atoms with Crippen molar-refractivity contribution in [3.05, 3.63) is 77.4 Å². The zero-order valence-electron chi connectivity index (χ0n) is 14.0. The third-order valence-electron chi connectivity index (χ3n) is 4.93. The van der Waals surface area contributed by atoms with Crippen molar-refractivity contribution in [3.63, 3.8) is 0 Å². The molecule has 2 heterocycles. The number of carbonyl (C=O) groups is 2. The second-order valence-corrected chi connectivity index (χ2v) is 6.50. The average Bonchev–Trinajstić information content (AvgIpc) is 2.98. The maximum absolute atomic E-state index is 12.6. The number of benzene rings is 2. The third-order valence-corrected chi connectivity index (χ3v) is 4.93. The number of hydrogen-bond donors (Lipinski definition) is 0. The van der Waals surface area contributed by atoms with Gasteiger partial charge in [-0.3, -0.25) is 9.59 Å². The summed E-state index contributed by atoms with van der Waals surface area (Å²) in [6.07, 6.45) is 2.97. The summed E-state index contributed by atoms with van der Waals surface area (Å²) >= 11 is 0. The van der Waals surface area contributed by atoms with E-state index in [9.17, 15) is 9.59 Å². The predicted molar refractivity (Wildman–Crippen MR) is 96.8 cm³/mol. The molecule has 0 unspecified atom stereocenters. The first-order chi connectivity index (χ1) is 12.2. The zero-order valence-corrected chi connectivity index (χ0v) is 14.0. The molecule has 25 heavy (non-hydrogen) atoms. The molecule has 2 aromatic rings. The number of hydrogen-bond acceptors (Lipinski definition) is 2. The Morgan fingerprint density at radius 3 is 2.48 bits per heavy atom. The first-order valence-corrected chi connectivity index (χ1v) is 8.62. The van der Waals surface area contributed by atoms with Gasteiger partial charge in [0.15, 0.2) is 0 Å². The molecule has 0 aliphatic carbocycles. The molecule has 0 saturated heterocycles. The van der Waals surface area contributed by atoms with E-state index in [-0.39, 0.29) is 18.4 Å². The second kappa shape index (κ2) is 6.55. The van der Waals surface area contributed by atoms with Crippen molar-refractivity contribution in [1.29, 1.82) is 0 Å². The highest BCUT2D eigenvalue weighted by Gasteiger charge is 2.29. The van der Waals surface area contributed by atoms with E-state index >= 15 is 0 Å². The summed E-state index contributed by atoms with van der Waals surface area (Å²) in [4.78, 5) is 28.5. The summed E-state index contributed by atoms with van der Waals surface area (Å²) in [7, 11) is 0. The molecule has 0 aromatic heterocycles. The van der Waals surface area contributed by atoms with Crippen LogP contribution in [0.25, 0.3) is 5.57 Å². The molecule has 0 spiro atoms. The van der Waals surface area contributed by atoms with E-state index < -0.39 is 0 Å². The minimum absolute atomic E-state index is 0.0181. The normalized spacial score (nSPS) is 16.6.